The van der Waals surface area contributed by atoms with Crippen LogP contribution in [0.4, 0.5) is 4.79 Å². The maximum absolute atomic E-state index is 11.5. The van der Waals surface area contributed by atoms with Crippen molar-refractivity contribution in [3.05, 3.63) is 0 Å². The molecule has 0 aliphatic carbocycles. The second-order valence-corrected chi connectivity index (χ2v) is 6.15. The lowest BCUT2D eigenvalue weighted by Crippen LogP contribution is -2.43. The normalized spacial score (nSPS) is 11.8. The van der Waals surface area contributed by atoms with Gasteiger partial charge in [0.2, 0.25) is 0 Å². The number of rotatable bonds is 11. The lowest BCUT2D eigenvalue weighted by molar-refractivity contribution is -0.108. The van der Waals surface area contributed by atoms with Crippen LogP contribution in [-0.4, -0.2) is 72.0 Å². The molecule has 0 bridgehead atoms. The molecule has 1 amide bonds. The van der Waals surface area contributed by atoms with E-state index >= 15 is 0 Å². The van der Waals surface area contributed by atoms with Crippen LogP contribution in [0.1, 0.15) is 40.0 Å². The summed E-state index contributed by atoms with van der Waals surface area (Å²) in [5.74, 6) is 0. The molecule has 0 rings (SSSR count). The van der Waals surface area contributed by atoms with E-state index < -0.39 is 11.7 Å². The van der Waals surface area contributed by atoms with Crippen molar-refractivity contribution >= 4 is 12.4 Å². The number of ether oxygens (including phenoxy) is 1. The Kier molecular flexibility index (Phi) is 10.8. The molecule has 0 spiro atoms. The van der Waals surface area contributed by atoms with E-state index in [1.165, 1.54) is 0 Å². The molecule has 0 heterocycles. The van der Waals surface area contributed by atoms with E-state index in [-0.39, 0.29) is 19.3 Å². The predicted octanol–water partition coefficient (Wildman–Crippen LogP) is 0.535. The monoisotopic (exact) mass is 318 g/mol. The molecule has 0 aliphatic rings. The Morgan fingerprint density at radius 1 is 1.23 bits per heavy atom. The predicted molar refractivity (Wildman–Crippen MR) is 83.7 cm³/mol. The second kappa shape index (κ2) is 11.4. The van der Waals surface area contributed by atoms with Crippen LogP contribution in [0.15, 0.2) is 0 Å². The fourth-order valence-corrected chi connectivity index (χ4v) is 1.93. The number of hydrogen-bond acceptors (Lipinski definition) is 6. The lowest BCUT2D eigenvalue weighted by atomic mass is 10.2. The number of carbonyl (C=O) groups excluding carboxylic acids is 2. The molecule has 0 unspecified atom stereocenters. The first kappa shape index (κ1) is 20.8. The average Bonchev–Trinajstić information content (AvgIpc) is 2.42. The summed E-state index contributed by atoms with van der Waals surface area (Å²) in [5, 5.41) is 21.2. The van der Waals surface area contributed by atoms with Crippen molar-refractivity contribution in [1.82, 2.24) is 10.2 Å². The summed E-state index contributed by atoms with van der Waals surface area (Å²) in [4.78, 5) is 23.8. The minimum atomic E-state index is -0.524. The number of aldehydes is 1. The number of hydrogen-bond donors (Lipinski definition) is 3. The van der Waals surface area contributed by atoms with E-state index in [0.717, 1.165) is 6.29 Å². The first-order valence-electron chi connectivity index (χ1n) is 7.70. The Morgan fingerprint density at radius 2 is 1.82 bits per heavy atom. The summed E-state index contributed by atoms with van der Waals surface area (Å²) < 4.78 is 5.13. The van der Waals surface area contributed by atoms with Crippen LogP contribution in [0.2, 0.25) is 0 Å². The van der Waals surface area contributed by atoms with Crippen LogP contribution in [-0.2, 0) is 9.53 Å². The molecule has 7 heteroatoms. The van der Waals surface area contributed by atoms with Crippen molar-refractivity contribution < 1.29 is 24.5 Å². The van der Waals surface area contributed by atoms with Crippen LogP contribution in [0.5, 0.6) is 0 Å². The molecule has 0 saturated carbocycles. The fraction of sp³-hybridized carbons (Fsp3) is 0.867. The number of nitrogens with one attached hydrogen (secondary N) is 1. The van der Waals surface area contributed by atoms with Gasteiger partial charge in [-0.25, -0.2) is 4.79 Å². The molecule has 3 N–H and O–H groups in total. The van der Waals surface area contributed by atoms with Gasteiger partial charge in [0, 0.05) is 19.5 Å². The highest BCUT2D eigenvalue weighted by Gasteiger charge is 2.17. The summed E-state index contributed by atoms with van der Waals surface area (Å²) in [6.45, 7) is 6.80. The second-order valence-electron chi connectivity index (χ2n) is 6.15. The number of carbonyl (C=O) groups is 2. The van der Waals surface area contributed by atoms with Crippen LogP contribution < -0.4 is 5.32 Å². The molecular formula is C15H30N2O5. The number of aliphatic hydroxyl groups is 2. The zero-order valence-electron chi connectivity index (χ0n) is 13.9. The van der Waals surface area contributed by atoms with Gasteiger partial charge in [-0.2, -0.15) is 0 Å². The molecule has 0 aliphatic heterocycles. The van der Waals surface area contributed by atoms with Crippen LogP contribution in [0.3, 0.4) is 0 Å². The topological polar surface area (TPSA) is 99.1 Å². The first-order chi connectivity index (χ1) is 10.3. The molecule has 22 heavy (non-hydrogen) atoms. The Balaban J connectivity index is 4.11. The van der Waals surface area contributed by atoms with Crippen LogP contribution in [0, 0.1) is 0 Å². The number of alkyl carbamates (subject to hydrolysis) is 1. The van der Waals surface area contributed by atoms with E-state index in [4.69, 9.17) is 4.74 Å². The Hall–Kier alpha value is -1.18. The molecule has 0 saturated heterocycles. The molecule has 130 valence electrons. The highest BCUT2D eigenvalue weighted by atomic mass is 16.6. The Labute approximate surface area is 132 Å². The first-order valence-corrected chi connectivity index (χ1v) is 7.70. The number of aliphatic hydroxyl groups excluding tert-OH is 2. The van der Waals surface area contributed by atoms with Crippen LogP contribution >= 0.6 is 0 Å². The third-order valence-corrected chi connectivity index (χ3v) is 3.00. The van der Waals surface area contributed by atoms with Gasteiger partial charge in [-0.1, -0.05) is 0 Å². The standard InChI is InChI=1S/C15H30N2O5/c1-15(2,3)22-14(21)16-7-6-9-17(8-4-5-10-18)13(11-19)12-20/h10,13,19-20H,4-9,11-12H2,1-3H3,(H,16,21). The van der Waals surface area contributed by atoms with Crippen LogP contribution in [0.25, 0.3) is 0 Å². The summed E-state index contributed by atoms with van der Waals surface area (Å²) in [6, 6.07) is -0.340. The van der Waals surface area contributed by atoms with Gasteiger partial charge < -0.3 is 25.1 Å². The summed E-state index contributed by atoms with van der Waals surface area (Å²) in [6.07, 6.45) is 2.20. The molecular weight excluding hydrogens is 288 g/mol. The van der Waals surface area contributed by atoms with Gasteiger partial charge in [0.15, 0.2) is 0 Å². The van der Waals surface area contributed by atoms with E-state index in [2.05, 4.69) is 5.32 Å². The molecule has 0 atom stereocenters. The van der Waals surface area contributed by atoms with E-state index in [1.807, 2.05) is 4.90 Å². The molecule has 0 fully saturated rings. The third-order valence-electron chi connectivity index (χ3n) is 3.00. The number of unbranched alkanes of at least 4 members (excludes halogenated alkanes) is 1. The smallest absolute Gasteiger partial charge is 0.407 e. The van der Waals surface area contributed by atoms with Gasteiger partial charge in [0.25, 0.3) is 0 Å². The largest absolute Gasteiger partial charge is 0.444 e. The van der Waals surface area contributed by atoms with Crippen molar-refractivity contribution in [3.63, 3.8) is 0 Å². The summed E-state index contributed by atoms with van der Waals surface area (Å²) in [7, 11) is 0. The zero-order valence-corrected chi connectivity index (χ0v) is 13.9. The zero-order chi connectivity index (χ0) is 17.0. The van der Waals surface area contributed by atoms with Gasteiger partial charge in [0.1, 0.15) is 11.9 Å². The molecule has 0 aromatic carbocycles. The lowest BCUT2D eigenvalue weighted by Gasteiger charge is -2.29. The third kappa shape index (κ3) is 10.5. The summed E-state index contributed by atoms with van der Waals surface area (Å²) in [5.41, 5.74) is -0.524. The minimum absolute atomic E-state index is 0.142. The highest BCUT2D eigenvalue weighted by Crippen LogP contribution is 2.06. The van der Waals surface area contributed by atoms with Gasteiger partial charge in [-0.05, 0) is 40.2 Å². The molecule has 0 aromatic rings. The summed E-state index contributed by atoms with van der Waals surface area (Å²) >= 11 is 0. The van der Waals surface area contributed by atoms with Crippen molar-refractivity contribution in [1.29, 1.82) is 0 Å². The van der Waals surface area contributed by atoms with Gasteiger partial charge in [-0.15, -0.1) is 0 Å². The van der Waals surface area contributed by atoms with E-state index in [9.17, 15) is 19.8 Å². The van der Waals surface area contributed by atoms with Gasteiger partial charge in [0.05, 0.1) is 19.3 Å². The van der Waals surface area contributed by atoms with Gasteiger partial charge >= 0.3 is 6.09 Å². The molecule has 0 aromatic heterocycles. The van der Waals surface area contributed by atoms with Crippen molar-refractivity contribution in [3.8, 4) is 0 Å². The fourth-order valence-electron chi connectivity index (χ4n) is 1.93. The minimum Gasteiger partial charge on any atom is -0.444 e. The maximum atomic E-state index is 11.5. The van der Waals surface area contributed by atoms with E-state index in [0.29, 0.717) is 38.9 Å². The van der Waals surface area contributed by atoms with Crippen molar-refractivity contribution in [2.24, 2.45) is 0 Å². The van der Waals surface area contributed by atoms with Gasteiger partial charge in [-0.3, -0.25) is 4.90 Å². The quantitative estimate of drug-likeness (QED) is 0.380. The maximum Gasteiger partial charge on any atom is 0.407 e. The molecule has 0 radical (unpaired) electrons. The number of amides is 1. The average molecular weight is 318 g/mol. The van der Waals surface area contributed by atoms with E-state index in [1.54, 1.807) is 20.8 Å². The molecule has 7 nitrogen and oxygen atoms in total. The SMILES string of the molecule is CC(C)(C)OC(=O)NCCCN(CCCC=O)C(CO)CO. The Morgan fingerprint density at radius 3 is 2.32 bits per heavy atom. The van der Waals surface area contributed by atoms with Crippen molar-refractivity contribution in [2.75, 3.05) is 32.8 Å². The Bertz CT molecular complexity index is 314. The number of nitrogens with zero attached hydrogens (tertiary/aromatic N) is 1. The van der Waals surface area contributed by atoms with Crippen molar-refractivity contribution in [2.45, 2.75) is 51.7 Å². The highest BCUT2D eigenvalue weighted by molar-refractivity contribution is 5.67.